The first kappa shape index (κ1) is 14.0. The minimum Gasteiger partial charge on any atom is -0.387 e. The summed E-state index contributed by atoms with van der Waals surface area (Å²) < 4.78 is 1.02. The number of aliphatic hydroxyl groups excluding tert-OH is 1. The standard InChI is InChI=1S/C15H22BrNO/c1-2-15(7-4-8-15)11-17-10-14(18)12-5-3-6-13(16)9-12/h3,5-6,9,14,17-18H,2,4,7-8,10-11H2,1H3. The van der Waals surface area contributed by atoms with Crippen LogP contribution in [0.25, 0.3) is 0 Å². The fraction of sp³-hybridized carbons (Fsp3) is 0.600. The second-order valence-corrected chi connectivity index (χ2v) is 6.32. The summed E-state index contributed by atoms with van der Waals surface area (Å²) in [6.45, 7) is 3.94. The molecule has 0 spiro atoms. The predicted octanol–water partition coefficient (Wildman–Crippen LogP) is 3.65. The molecule has 2 nitrogen and oxygen atoms in total. The van der Waals surface area contributed by atoms with Crippen LogP contribution in [0.5, 0.6) is 0 Å². The maximum absolute atomic E-state index is 10.1. The molecule has 1 aromatic carbocycles. The monoisotopic (exact) mass is 311 g/mol. The van der Waals surface area contributed by atoms with Crippen molar-refractivity contribution in [3.05, 3.63) is 34.3 Å². The van der Waals surface area contributed by atoms with Crippen LogP contribution in [0.1, 0.15) is 44.3 Å². The van der Waals surface area contributed by atoms with Gasteiger partial charge < -0.3 is 10.4 Å². The summed E-state index contributed by atoms with van der Waals surface area (Å²) in [4.78, 5) is 0. The molecule has 1 atom stereocenters. The Hall–Kier alpha value is -0.380. The van der Waals surface area contributed by atoms with E-state index in [1.54, 1.807) is 0 Å². The molecule has 1 aliphatic carbocycles. The van der Waals surface area contributed by atoms with Gasteiger partial charge in [-0.3, -0.25) is 0 Å². The van der Waals surface area contributed by atoms with Gasteiger partial charge in [0.15, 0.2) is 0 Å². The zero-order chi connectivity index (χ0) is 13.0. The van der Waals surface area contributed by atoms with E-state index >= 15 is 0 Å². The van der Waals surface area contributed by atoms with Crippen molar-refractivity contribution in [1.82, 2.24) is 5.32 Å². The van der Waals surface area contributed by atoms with Crippen molar-refractivity contribution in [3.8, 4) is 0 Å². The number of nitrogens with one attached hydrogen (secondary N) is 1. The van der Waals surface area contributed by atoms with E-state index in [2.05, 4.69) is 28.2 Å². The quantitative estimate of drug-likeness (QED) is 0.840. The third-order valence-electron chi connectivity index (χ3n) is 4.24. The molecule has 1 aromatic rings. The Morgan fingerprint density at radius 3 is 2.78 bits per heavy atom. The minimum absolute atomic E-state index is 0.420. The van der Waals surface area contributed by atoms with Crippen molar-refractivity contribution < 1.29 is 5.11 Å². The van der Waals surface area contributed by atoms with Crippen LogP contribution in [-0.4, -0.2) is 18.2 Å². The van der Waals surface area contributed by atoms with Crippen LogP contribution >= 0.6 is 15.9 Å². The summed E-state index contributed by atoms with van der Waals surface area (Å²) in [5.74, 6) is 0. The number of halogens is 1. The van der Waals surface area contributed by atoms with Gasteiger partial charge in [-0.15, -0.1) is 0 Å². The molecular weight excluding hydrogens is 290 g/mol. The third-order valence-corrected chi connectivity index (χ3v) is 4.73. The molecule has 0 amide bonds. The molecule has 0 bridgehead atoms. The summed E-state index contributed by atoms with van der Waals surface area (Å²) in [6, 6.07) is 7.88. The first-order valence-electron chi connectivity index (χ1n) is 6.79. The van der Waals surface area contributed by atoms with Gasteiger partial charge in [-0.05, 0) is 42.4 Å². The fourth-order valence-corrected chi connectivity index (χ4v) is 3.05. The average molecular weight is 312 g/mol. The van der Waals surface area contributed by atoms with Crippen LogP contribution in [0.4, 0.5) is 0 Å². The lowest BCUT2D eigenvalue weighted by molar-refractivity contribution is 0.110. The van der Waals surface area contributed by atoms with Gasteiger partial charge >= 0.3 is 0 Å². The number of hydrogen-bond acceptors (Lipinski definition) is 2. The van der Waals surface area contributed by atoms with E-state index in [9.17, 15) is 5.11 Å². The first-order chi connectivity index (χ1) is 8.65. The van der Waals surface area contributed by atoms with Crippen molar-refractivity contribution in [2.24, 2.45) is 5.41 Å². The van der Waals surface area contributed by atoms with Crippen LogP contribution in [0.2, 0.25) is 0 Å². The number of benzene rings is 1. The second-order valence-electron chi connectivity index (χ2n) is 5.41. The zero-order valence-electron chi connectivity index (χ0n) is 11.0. The Bertz CT molecular complexity index is 384. The van der Waals surface area contributed by atoms with Gasteiger partial charge in [0.1, 0.15) is 0 Å². The molecule has 1 aliphatic rings. The molecule has 2 N–H and O–H groups in total. The van der Waals surface area contributed by atoms with E-state index < -0.39 is 6.10 Å². The summed E-state index contributed by atoms with van der Waals surface area (Å²) >= 11 is 3.43. The summed E-state index contributed by atoms with van der Waals surface area (Å²) in [6.07, 6.45) is 4.86. The van der Waals surface area contributed by atoms with Crippen molar-refractivity contribution in [3.63, 3.8) is 0 Å². The Balaban J connectivity index is 1.79. The van der Waals surface area contributed by atoms with Crippen LogP contribution < -0.4 is 5.32 Å². The molecule has 3 heteroatoms. The van der Waals surface area contributed by atoms with Gasteiger partial charge in [0.25, 0.3) is 0 Å². The molecule has 1 saturated carbocycles. The van der Waals surface area contributed by atoms with Gasteiger partial charge in [0, 0.05) is 17.6 Å². The highest BCUT2D eigenvalue weighted by atomic mass is 79.9. The number of aliphatic hydroxyl groups is 1. The van der Waals surface area contributed by atoms with E-state index in [-0.39, 0.29) is 0 Å². The Kier molecular flexibility index (Phi) is 4.82. The Morgan fingerprint density at radius 1 is 1.44 bits per heavy atom. The lowest BCUT2D eigenvalue weighted by Gasteiger charge is -2.41. The molecule has 0 aromatic heterocycles. The minimum atomic E-state index is -0.420. The molecule has 0 heterocycles. The van der Waals surface area contributed by atoms with E-state index in [0.717, 1.165) is 16.6 Å². The van der Waals surface area contributed by atoms with Crippen LogP contribution in [-0.2, 0) is 0 Å². The molecule has 0 radical (unpaired) electrons. The Morgan fingerprint density at radius 2 is 2.22 bits per heavy atom. The van der Waals surface area contributed by atoms with Crippen molar-refractivity contribution in [2.75, 3.05) is 13.1 Å². The molecule has 1 unspecified atom stereocenters. The molecule has 18 heavy (non-hydrogen) atoms. The summed E-state index contributed by atoms with van der Waals surface area (Å²) in [7, 11) is 0. The molecule has 100 valence electrons. The maximum Gasteiger partial charge on any atom is 0.0914 e. The molecule has 0 aliphatic heterocycles. The fourth-order valence-electron chi connectivity index (χ4n) is 2.64. The van der Waals surface area contributed by atoms with Crippen molar-refractivity contribution in [1.29, 1.82) is 0 Å². The maximum atomic E-state index is 10.1. The van der Waals surface area contributed by atoms with Crippen LogP contribution in [0.3, 0.4) is 0 Å². The molecular formula is C15H22BrNO. The van der Waals surface area contributed by atoms with Gasteiger partial charge in [-0.2, -0.15) is 0 Å². The molecule has 2 rings (SSSR count). The molecule has 1 fully saturated rings. The van der Waals surface area contributed by atoms with E-state index in [4.69, 9.17) is 0 Å². The SMILES string of the molecule is CCC1(CNCC(O)c2cccc(Br)c2)CCC1. The van der Waals surface area contributed by atoms with E-state index in [1.165, 1.54) is 25.7 Å². The van der Waals surface area contributed by atoms with E-state index in [1.807, 2.05) is 24.3 Å². The van der Waals surface area contributed by atoms with Gasteiger partial charge in [-0.1, -0.05) is 41.4 Å². The predicted molar refractivity (Wildman–Crippen MR) is 78.5 cm³/mol. The molecule has 0 saturated heterocycles. The van der Waals surface area contributed by atoms with Gasteiger partial charge in [-0.25, -0.2) is 0 Å². The van der Waals surface area contributed by atoms with Crippen molar-refractivity contribution >= 4 is 15.9 Å². The van der Waals surface area contributed by atoms with Gasteiger partial charge in [0.05, 0.1) is 6.10 Å². The first-order valence-corrected chi connectivity index (χ1v) is 7.59. The lowest BCUT2D eigenvalue weighted by atomic mass is 9.67. The largest absolute Gasteiger partial charge is 0.387 e. The van der Waals surface area contributed by atoms with E-state index in [0.29, 0.717) is 12.0 Å². The average Bonchev–Trinajstić information content (AvgIpc) is 2.32. The highest BCUT2D eigenvalue weighted by Crippen LogP contribution is 2.43. The topological polar surface area (TPSA) is 32.3 Å². The van der Waals surface area contributed by atoms with Crippen LogP contribution in [0, 0.1) is 5.41 Å². The number of hydrogen-bond donors (Lipinski definition) is 2. The zero-order valence-corrected chi connectivity index (χ0v) is 12.5. The third kappa shape index (κ3) is 3.34. The normalized spacial score (nSPS) is 19.3. The van der Waals surface area contributed by atoms with Crippen LogP contribution in [0.15, 0.2) is 28.7 Å². The van der Waals surface area contributed by atoms with Gasteiger partial charge in [0.2, 0.25) is 0 Å². The summed E-state index contributed by atoms with van der Waals surface area (Å²) in [5, 5.41) is 13.6. The Labute approximate surface area is 118 Å². The van der Waals surface area contributed by atoms with Crippen molar-refractivity contribution in [2.45, 2.75) is 38.7 Å². The smallest absolute Gasteiger partial charge is 0.0914 e. The highest BCUT2D eigenvalue weighted by molar-refractivity contribution is 9.10. The summed E-state index contributed by atoms with van der Waals surface area (Å²) in [5.41, 5.74) is 1.48. The second kappa shape index (κ2) is 6.18. The highest BCUT2D eigenvalue weighted by Gasteiger charge is 2.34. The number of rotatable bonds is 6. The lowest BCUT2D eigenvalue weighted by Crippen LogP contribution is -2.40.